The van der Waals surface area contributed by atoms with E-state index in [1.807, 2.05) is 32.2 Å². The Kier molecular flexibility index (Phi) is 5.24. The molecule has 0 fully saturated rings. The lowest BCUT2D eigenvalue weighted by Crippen LogP contribution is -2.36. The Hall–Kier alpha value is -0.840. The van der Waals surface area contributed by atoms with Crippen LogP contribution in [0, 0.1) is 0 Å². The molecule has 5 heteroatoms. The first-order chi connectivity index (χ1) is 9.50. The van der Waals surface area contributed by atoms with Crippen LogP contribution in [0.25, 0.3) is 0 Å². The summed E-state index contributed by atoms with van der Waals surface area (Å²) in [5.74, 6) is -0.0552. The van der Waals surface area contributed by atoms with Gasteiger partial charge in [0.15, 0.2) is 0 Å². The number of thiophene rings is 1. The molecule has 0 N–H and O–H groups in total. The van der Waals surface area contributed by atoms with Gasteiger partial charge in [-0.25, -0.2) is 0 Å². The van der Waals surface area contributed by atoms with Crippen molar-refractivity contribution >= 4 is 44.8 Å². The first-order valence-electron chi connectivity index (χ1n) is 6.24. The summed E-state index contributed by atoms with van der Waals surface area (Å²) in [5, 5.41) is 2.52. The minimum Gasteiger partial charge on any atom is -0.339 e. The minimum atomic E-state index is -0.0552. The summed E-state index contributed by atoms with van der Waals surface area (Å²) in [6, 6.07) is 9.64. The van der Waals surface area contributed by atoms with Crippen molar-refractivity contribution in [3.63, 3.8) is 0 Å². The zero-order valence-electron chi connectivity index (χ0n) is 11.3. The molecular formula is C15H15BrClNOS. The van der Waals surface area contributed by atoms with E-state index in [2.05, 4.69) is 27.4 Å². The SMILES string of the molecule is CC(Cc1cccs1)N(C)C(=O)c1cccc(Br)c1Cl. The van der Waals surface area contributed by atoms with Gasteiger partial charge in [-0.15, -0.1) is 11.3 Å². The number of rotatable bonds is 4. The number of nitrogens with zero attached hydrogens (tertiary/aromatic N) is 1. The predicted octanol–water partition coefficient (Wildman–Crippen LogP) is 4.87. The third-order valence-corrected chi connectivity index (χ3v) is 5.44. The molecule has 2 aromatic rings. The first-order valence-corrected chi connectivity index (χ1v) is 8.29. The van der Waals surface area contributed by atoms with Crippen molar-refractivity contribution < 1.29 is 4.79 Å². The number of benzene rings is 1. The van der Waals surface area contributed by atoms with Crippen LogP contribution in [0.15, 0.2) is 40.2 Å². The molecule has 1 amide bonds. The van der Waals surface area contributed by atoms with Crippen LogP contribution in [-0.2, 0) is 6.42 Å². The molecule has 1 heterocycles. The normalized spacial score (nSPS) is 12.2. The third kappa shape index (κ3) is 3.43. The van der Waals surface area contributed by atoms with Crippen LogP contribution in [0.2, 0.25) is 5.02 Å². The molecule has 2 nitrogen and oxygen atoms in total. The topological polar surface area (TPSA) is 20.3 Å². The van der Waals surface area contributed by atoms with Crippen molar-refractivity contribution in [2.45, 2.75) is 19.4 Å². The Labute approximate surface area is 136 Å². The van der Waals surface area contributed by atoms with Crippen LogP contribution < -0.4 is 0 Å². The number of hydrogen-bond donors (Lipinski definition) is 0. The van der Waals surface area contributed by atoms with E-state index in [1.165, 1.54) is 4.88 Å². The molecule has 0 radical (unpaired) electrons. The predicted molar refractivity (Wildman–Crippen MR) is 88.7 cm³/mol. The van der Waals surface area contributed by atoms with Gasteiger partial charge in [-0.2, -0.15) is 0 Å². The summed E-state index contributed by atoms with van der Waals surface area (Å²) in [6.45, 7) is 2.05. The van der Waals surface area contributed by atoms with Gasteiger partial charge < -0.3 is 4.90 Å². The van der Waals surface area contributed by atoms with E-state index in [0.717, 1.165) is 10.9 Å². The molecule has 20 heavy (non-hydrogen) atoms. The highest BCUT2D eigenvalue weighted by Gasteiger charge is 2.21. The van der Waals surface area contributed by atoms with Crippen molar-refractivity contribution in [2.24, 2.45) is 0 Å². The van der Waals surface area contributed by atoms with Gasteiger partial charge in [0.25, 0.3) is 5.91 Å². The van der Waals surface area contributed by atoms with E-state index >= 15 is 0 Å². The van der Waals surface area contributed by atoms with E-state index < -0.39 is 0 Å². The average Bonchev–Trinajstić information content (AvgIpc) is 2.93. The number of likely N-dealkylation sites (N-methyl/N-ethyl adjacent to an activating group) is 1. The molecule has 1 atom stereocenters. The molecule has 106 valence electrons. The summed E-state index contributed by atoms with van der Waals surface area (Å²) in [6.07, 6.45) is 0.853. The van der Waals surface area contributed by atoms with Gasteiger partial charge >= 0.3 is 0 Å². The molecule has 0 aliphatic rings. The molecule has 0 bridgehead atoms. The standard InChI is InChI=1S/C15H15BrClNOS/c1-10(9-11-5-4-8-20-11)18(2)15(19)12-6-3-7-13(16)14(12)17/h3-8,10H,9H2,1-2H3. The molecule has 2 rings (SSSR count). The monoisotopic (exact) mass is 371 g/mol. The quantitative estimate of drug-likeness (QED) is 0.750. The van der Waals surface area contributed by atoms with Gasteiger partial charge in [0.2, 0.25) is 0 Å². The van der Waals surface area contributed by atoms with Crippen LogP contribution >= 0.6 is 38.9 Å². The first kappa shape index (κ1) is 15.5. The van der Waals surface area contributed by atoms with Gasteiger partial charge in [0, 0.05) is 28.9 Å². The lowest BCUT2D eigenvalue weighted by Gasteiger charge is -2.25. The maximum absolute atomic E-state index is 12.5. The Balaban J connectivity index is 2.13. The Morgan fingerprint density at radius 1 is 1.40 bits per heavy atom. The lowest BCUT2D eigenvalue weighted by molar-refractivity contribution is 0.0744. The molecule has 1 unspecified atom stereocenters. The second-order valence-electron chi connectivity index (χ2n) is 4.65. The zero-order chi connectivity index (χ0) is 14.7. The van der Waals surface area contributed by atoms with E-state index in [4.69, 9.17) is 11.6 Å². The number of carbonyl (C=O) groups is 1. The van der Waals surface area contributed by atoms with Crippen molar-refractivity contribution in [1.29, 1.82) is 0 Å². The molecule has 1 aromatic carbocycles. The third-order valence-electron chi connectivity index (χ3n) is 3.24. The van der Waals surface area contributed by atoms with E-state index in [9.17, 15) is 4.79 Å². The van der Waals surface area contributed by atoms with Crippen LogP contribution in [0.5, 0.6) is 0 Å². The van der Waals surface area contributed by atoms with Crippen molar-refractivity contribution in [1.82, 2.24) is 4.90 Å². The Morgan fingerprint density at radius 3 is 2.80 bits per heavy atom. The van der Waals surface area contributed by atoms with Gasteiger partial charge in [-0.1, -0.05) is 23.7 Å². The average molecular weight is 373 g/mol. The maximum Gasteiger partial charge on any atom is 0.255 e. The highest BCUT2D eigenvalue weighted by atomic mass is 79.9. The van der Waals surface area contributed by atoms with E-state index in [0.29, 0.717) is 10.6 Å². The second-order valence-corrected chi connectivity index (χ2v) is 6.91. The van der Waals surface area contributed by atoms with Gasteiger partial charge in [0.05, 0.1) is 10.6 Å². The molecule has 0 saturated carbocycles. The van der Waals surface area contributed by atoms with Gasteiger partial charge in [-0.05, 0) is 46.4 Å². The van der Waals surface area contributed by atoms with E-state index in [1.54, 1.807) is 22.3 Å². The number of carbonyl (C=O) groups excluding carboxylic acids is 1. The molecular weight excluding hydrogens is 358 g/mol. The van der Waals surface area contributed by atoms with Crippen LogP contribution in [0.3, 0.4) is 0 Å². The molecule has 1 aromatic heterocycles. The van der Waals surface area contributed by atoms with Crippen LogP contribution in [0.4, 0.5) is 0 Å². The Bertz CT molecular complexity index is 600. The Morgan fingerprint density at radius 2 is 2.15 bits per heavy atom. The number of amides is 1. The van der Waals surface area contributed by atoms with Crippen LogP contribution in [0.1, 0.15) is 22.2 Å². The van der Waals surface area contributed by atoms with Gasteiger partial charge in [0.1, 0.15) is 0 Å². The molecule has 0 saturated heterocycles. The number of hydrogen-bond acceptors (Lipinski definition) is 2. The summed E-state index contributed by atoms with van der Waals surface area (Å²) in [5.41, 5.74) is 0.529. The molecule has 0 aliphatic carbocycles. The molecule has 0 spiro atoms. The lowest BCUT2D eigenvalue weighted by atomic mass is 10.1. The highest BCUT2D eigenvalue weighted by molar-refractivity contribution is 9.10. The van der Waals surface area contributed by atoms with Gasteiger partial charge in [-0.3, -0.25) is 4.79 Å². The number of halogens is 2. The molecule has 0 aliphatic heterocycles. The largest absolute Gasteiger partial charge is 0.339 e. The zero-order valence-corrected chi connectivity index (χ0v) is 14.4. The fraction of sp³-hybridized carbons (Fsp3) is 0.267. The summed E-state index contributed by atoms with van der Waals surface area (Å²) in [4.78, 5) is 15.5. The summed E-state index contributed by atoms with van der Waals surface area (Å²) < 4.78 is 0.740. The maximum atomic E-state index is 12.5. The van der Waals surface area contributed by atoms with Crippen molar-refractivity contribution in [2.75, 3.05) is 7.05 Å². The van der Waals surface area contributed by atoms with E-state index in [-0.39, 0.29) is 11.9 Å². The fourth-order valence-electron chi connectivity index (χ4n) is 1.92. The second kappa shape index (κ2) is 6.74. The smallest absolute Gasteiger partial charge is 0.255 e. The minimum absolute atomic E-state index is 0.0552. The highest BCUT2D eigenvalue weighted by Crippen LogP contribution is 2.27. The summed E-state index contributed by atoms with van der Waals surface area (Å²) >= 11 is 11.2. The summed E-state index contributed by atoms with van der Waals surface area (Å²) in [7, 11) is 1.82. The fourth-order valence-corrected chi connectivity index (χ4v) is 3.32. The van der Waals surface area contributed by atoms with Crippen molar-refractivity contribution in [3.8, 4) is 0 Å². The van der Waals surface area contributed by atoms with Crippen molar-refractivity contribution in [3.05, 3.63) is 55.6 Å². The van der Waals surface area contributed by atoms with Crippen LogP contribution in [-0.4, -0.2) is 23.9 Å².